The number of benzene rings is 1. The molecule has 0 aliphatic heterocycles. The molecule has 1 aliphatic carbocycles. The lowest BCUT2D eigenvalue weighted by atomic mass is 9.79. The first kappa shape index (κ1) is 16.0. The van der Waals surface area contributed by atoms with E-state index in [1.165, 1.54) is 12.8 Å². The third-order valence-electron chi connectivity index (χ3n) is 4.64. The van der Waals surface area contributed by atoms with Crippen molar-refractivity contribution < 1.29 is 4.79 Å². The topological polar surface area (TPSA) is 55.1 Å². The number of carbonyl (C=O) groups excluding carboxylic acids is 1. The Balaban J connectivity index is 1.83. The number of nitrogens with one attached hydrogen (secondary N) is 1. The molecule has 3 atom stereocenters. The molecule has 3 N–H and O–H groups in total. The minimum atomic E-state index is -0.452. The van der Waals surface area contributed by atoms with Crippen LogP contribution < -0.4 is 11.1 Å². The van der Waals surface area contributed by atoms with Crippen LogP contribution in [0.5, 0.6) is 0 Å². The molecule has 21 heavy (non-hydrogen) atoms. The maximum Gasteiger partial charge on any atom is 0.237 e. The fourth-order valence-corrected chi connectivity index (χ4v) is 3.23. The summed E-state index contributed by atoms with van der Waals surface area (Å²) in [4.78, 5) is 12.3. The van der Waals surface area contributed by atoms with Crippen LogP contribution in [0.15, 0.2) is 30.3 Å². The number of hydrogen-bond donors (Lipinski definition) is 2. The lowest BCUT2D eigenvalue weighted by Gasteiger charge is -2.32. The fourth-order valence-electron chi connectivity index (χ4n) is 3.23. The average molecular weight is 288 g/mol. The molecular weight excluding hydrogens is 260 g/mol. The highest BCUT2D eigenvalue weighted by Crippen LogP contribution is 2.29. The van der Waals surface area contributed by atoms with E-state index in [1.807, 2.05) is 30.3 Å². The number of hydrogen-bond acceptors (Lipinski definition) is 2. The Morgan fingerprint density at radius 3 is 2.67 bits per heavy atom. The summed E-state index contributed by atoms with van der Waals surface area (Å²) >= 11 is 0. The minimum absolute atomic E-state index is 0.00624. The van der Waals surface area contributed by atoms with Crippen LogP contribution in [0.25, 0.3) is 0 Å². The molecule has 3 nitrogen and oxygen atoms in total. The average Bonchev–Trinajstić information content (AvgIpc) is 2.48. The summed E-state index contributed by atoms with van der Waals surface area (Å²) in [6, 6.07) is 9.82. The van der Waals surface area contributed by atoms with Crippen LogP contribution in [-0.4, -0.2) is 18.0 Å². The Morgan fingerprint density at radius 2 is 2.00 bits per heavy atom. The van der Waals surface area contributed by atoms with Crippen molar-refractivity contribution >= 4 is 5.91 Å². The molecule has 3 heteroatoms. The number of amides is 1. The minimum Gasteiger partial charge on any atom is -0.352 e. The molecule has 1 fully saturated rings. The van der Waals surface area contributed by atoms with Gasteiger partial charge in [0.15, 0.2) is 0 Å². The molecule has 2 unspecified atom stereocenters. The monoisotopic (exact) mass is 288 g/mol. The largest absolute Gasteiger partial charge is 0.352 e. The third kappa shape index (κ3) is 4.85. The highest BCUT2D eigenvalue weighted by Gasteiger charge is 2.26. The van der Waals surface area contributed by atoms with E-state index in [-0.39, 0.29) is 5.91 Å². The Bertz CT molecular complexity index is 444. The Hall–Kier alpha value is -1.35. The second kappa shape index (κ2) is 7.60. The van der Waals surface area contributed by atoms with E-state index < -0.39 is 6.04 Å². The van der Waals surface area contributed by atoms with Crippen molar-refractivity contribution in [1.82, 2.24) is 5.32 Å². The maximum absolute atomic E-state index is 12.3. The molecule has 116 valence electrons. The highest BCUT2D eigenvalue weighted by atomic mass is 16.2. The molecule has 1 amide bonds. The summed E-state index contributed by atoms with van der Waals surface area (Å²) < 4.78 is 0. The van der Waals surface area contributed by atoms with Crippen LogP contribution in [0.2, 0.25) is 0 Å². The predicted molar refractivity (Wildman–Crippen MR) is 86.8 cm³/mol. The van der Waals surface area contributed by atoms with Crippen molar-refractivity contribution in [2.24, 2.45) is 17.6 Å². The molecule has 1 aromatic rings. The van der Waals surface area contributed by atoms with Gasteiger partial charge in [-0.1, -0.05) is 57.0 Å². The third-order valence-corrected chi connectivity index (χ3v) is 4.64. The van der Waals surface area contributed by atoms with Gasteiger partial charge in [-0.3, -0.25) is 4.79 Å². The Labute approximate surface area is 128 Å². The zero-order chi connectivity index (χ0) is 15.2. The van der Waals surface area contributed by atoms with Crippen molar-refractivity contribution in [3.8, 4) is 0 Å². The van der Waals surface area contributed by atoms with E-state index in [0.29, 0.717) is 18.4 Å². The molecular formula is C18H28N2O. The van der Waals surface area contributed by atoms with Crippen molar-refractivity contribution in [3.05, 3.63) is 35.9 Å². The summed E-state index contributed by atoms with van der Waals surface area (Å²) in [5.74, 6) is 1.42. The van der Waals surface area contributed by atoms with E-state index >= 15 is 0 Å². The number of carbonyl (C=O) groups is 1. The lowest BCUT2D eigenvalue weighted by molar-refractivity contribution is -0.123. The molecule has 0 radical (unpaired) electrons. The van der Waals surface area contributed by atoms with Crippen LogP contribution in [0.4, 0.5) is 0 Å². The molecule has 2 rings (SSSR count). The first-order chi connectivity index (χ1) is 10.1. The van der Waals surface area contributed by atoms with E-state index in [9.17, 15) is 4.79 Å². The van der Waals surface area contributed by atoms with Gasteiger partial charge in [-0.25, -0.2) is 0 Å². The molecule has 1 saturated carbocycles. The number of rotatable bonds is 5. The van der Waals surface area contributed by atoms with Crippen LogP contribution >= 0.6 is 0 Å². The van der Waals surface area contributed by atoms with Crippen molar-refractivity contribution in [2.45, 2.75) is 58.0 Å². The van der Waals surface area contributed by atoms with Crippen molar-refractivity contribution in [1.29, 1.82) is 0 Å². The van der Waals surface area contributed by atoms with Gasteiger partial charge in [0.25, 0.3) is 0 Å². The van der Waals surface area contributed by atoms with Crippen molar-refractivity contribution in [3.63, 3.8) is 0 Å². The Morgan fingerprint density at radius 1 is 1.29 bits per heavy atom. The van der Waals surface area contributed by atoms with Crippen molar-refractivity contribution in [2.75, 3.05) is 0 Å². The van der Waals surface area contributed by atoms with Gasteiger partial charge in [-0.2, -0.15) is 0 Å². The fraction of sp³-hybridized carbons (Fsp3) is 0.611. The molecule has 0 spiro atoms. The van der Waals surface area contributed by atoms with Crippen LogP contribution in [-0.2, 0) is 11.2 Å². The SMILES string of the molecule is CC(C)C1CCCC(NC(=O)[C@@H](N)Cc2ccccc2)C1. The zero-order valence-corrected chi connectivity index (χ0v) is 13.2. The van der Waals surface area contributed by atoms with Gasteiger partial charge in [0.2, 0.25) is 5.91 Å². The van der Waals surface area contributed by atoms with E-state index in [2.05, 4.69) is 19.2 Å². The molecule has 0 saturated heterocycles. The molecule has 1 aromatic carbocycles. The highest BCUT2D eigenvalue weighted by molar-refractivity contribution is 5.82. The van der Waals surface area contributed by atoms with E-state index in [0.717, 1.165) is 24.3 Å². The van der Waals surface area contributed by atoms with E-state index in [1.54, 1.807) is 0 Å². The normalized spacial score (nSPS) is 23.8. The summed E-state index contributed by atoms with van der Waals surface area (Å²) in [6.07, 6.45) is 5.29. The lowest BCUT2D eigenvalue weighted by Crippen LogP contribution is -2.48. The zero-order valence-electron chi connectivity index (χ0n) is 13.2. The summed E-state index contributed by atoms with van der Waals surface area (Å²) in [5, 5.41) is 3.16. The molecule has 1 aliphatic rings. The van der Waals surface area contributed by atoms with Crippen LogP contribution in [0, 0.1) is 11.8 Å². The van der Waals surface area contributed by atoms with Crippen LogP contribution in [0.3, 0.4) is 0 Å². The first-order valence-electron chi connectivity index (χ1n) is 8.16. The first-order valence-corrected chi connectivity index (χ1v) is 8.16. The summed E-state index contributed by atoms with van der Waals surface area (Å²) in [7, 11) is 0. The standard InChI is InChI=1S/C18H28N2O/c1-13(2)15-9-6-10-16(12-15)20-18(21)17(19)11-14-7-4-3-5-8-14/h3-5,7-8,13,15-17H,6,9-12,19H2,1-2H3,(H,20,21)/t15?,16?,17-/m0/s1. The van der Waals surface area contributed by atoms with Gasteiger partial charge in [0, 0.05) is 6.04 Å². The number of nitrogens with two attached hydrogens (primary N) is 1. The molecule has 0 heterocycles. The Kier molecular flexibility index (Phi) is 5.80. The maximum atomic E-state index is 12.3. The van der Waals surface area contributed by atoms with Gasteiger partial charge in [-0.15, -0.1) is 0 Å². The quantitative estimate of drug-likeness (QED) is 0.875. The van der Waals surface area contributed by atoms with Gasteiger partial charge < -0.3 is 11.1 Å². The second-order valence-corrected chi connectivity index (χ2v) is 6.67. The summed E-state index contributed by atoms with van der Waals surface area (Å²) in [5.41, 5.74) is 7.16. The van der Waals surface area contributed by atoms with E-state index in [4.69, 9.17) is 5.73 Å². The van der Waals surface area contributed by atoms with Gasteiger partial charge in [0.05, 0.1) is 6.04 Å². The summed E-state index contributed by atoms with van der Waals surface area (Å²) in [6.45, 7) is 4.55. The molecule has 0 bridgehead atoms. The van der Waals surface area contributed by atoms with Gasteiger partial charge in [-0.05, 0) is 36.7 Å². The van der Waals surface area contributed by atoms with Crippen LogP contribution in [0.1, 0.15) is 45.1 Å². The molecule has 0 aromatic heterocycles. The second-order valence-electron chi connectivity index (χ2n) is 6.67. The smallest absolute Gasteiger partial charge is 0.237 e. The van der Waals surface area contributed by atoms with Gasteiger partial charge >= 0.3 is 0 Å². The predicted octanol–water partition coefficient (Wildman–Crippen LogP) is 2.89. The van der Waals surface area contributed by atoms with Gasteiger partial charge in [0.1, 0.15) is 0 Å².